The number of carboxylic acids is 1. The maximum Gasteiger partial charge on any atom is 0.313 e. The van der Waals surface area contributed by atoms with Crippen molar-refractivity contribution in [3.8, 4) is 0 Å². The summed E-state index contributed by atoms with van der Waals surface area (Å²) in [6, 6.07) is 4.47. The van der Waals surface area contributed by atoms with E-state index in [1.807, 2.05) is 0 Å². The molecule has 1 fully saturated rings. The molecule has 2 nitrogen and oxygen atoms in total. The Morgan fingerprint density at radius 3 is 2.20 bits per heavy atom. The molecule has 1 aliphatic carbocycles. The molecule has 0 heterocycles. The average Bonchev–Trinajstić information content (AvgIpc) is 2.70. The normalized spacial score (nSPS) is 27.4. The molecule has 0 bridgehead atoms. The van der Waals surface area contributed by atoms with Gasteiger partial charge in [0, 0.05) is 0 Å². The van der Waals surface area contributed by atoms with Crippen LogP contribution in [-0.2, 0) is 4.79 Å². The van der Waals surface area contributed by atoms with Gasteiger partial charge in [-0.05, 0) is 17.7 Å². The fourth-order valence-corrected chi connectivity index (χ4v) is 1.72. The number of rotatable bonds is 2. The van der Waals surface area contributed by atoms with Gasteiger partial charge in [0.2, 0.25) is 0 Å². The smallest absolute Gasteiger partial charge is 0.313 e. The first kappa shape index (κ1) is 10.0. The SMILES string of the molecule is O=C(O)C1C(c2ccc(F)cc2)C1(F)F. The molecule has 0 saturated heterocycles. The third-order valence-corrected chi connectivity index (χ3v) is 2.55. The highest BCUT2D eigenvalue weighted by Gasteiger charge is 2.72. The Kier molecular flexibility index (Phi) is 1.99. The van der Waals surface area contributed by atoms with Gasteiger partial charge in [-0.15, -0.1) is 0 Å². The van der Waals surface area contributed by atoms with Crippen LogP contribution in [0.15, 0.2) is 24.3 Å². The molecule has 0 spiro atoms. The van der Waals surface area contributed by atoms with Crippen molar-refractivity contribution in [2.45, 2.75) is 11.8 Å². The van der Waals surface area contributed by atoms with Crippen molar-refractivity contribution in [1.82, 2.24) is 0 Å². The number of alkyl halides is 2. The fourth-order valence-electron chi connectivity index (χ4n) is 1.72. The van der Waals surface area contributed by atoms with Crippen LogP contribution in [-0.4, -0.2) is 17.0 Å². The molecule has 1 saturated carbocycles. The van der Waals surface area contributed by atoms with Crippen LogP contribution in [0.3, 0.4) is 0 Å². The first-order valence-corrected chi connectivity index (χ1v) is 4.30. The molecule has 0 aromatic heterocycles. The second-order valence-electron chi connectivity index (χ2n) is 3.52. The van der Waals surface area contributed by atoms with Crippen molar-refractivity contribution in [2.75, 3.05) is 0 Å². The molecule has 2 unspecified atom stereocenters. The molecule has 0 aliphatic heterocycles. The summed E-state index contributed by atoms with van der Waals surface area (Å²) in [4.78, 5) is 10.5. The molecular formula is C10H7F3O2. The van der Waals surface area contributed by atoms with Crippen molar-refractivity contribution in [1.29, 1.82) is 0 Å². The average molecular weight is 216 g/mol. The first-order valence-electron chi connectivity index (χ1n) is 4.30. The molecule has 1 aromatic rings. The summed E-state index contributed by atoms with van der Waals surface area (Å²) < 4.78 is 38.6. The summed E-state index contributed by atoms with van der Waals surface area (Å²) in [6.45, 7) is 0. The van der Waals surface area contributed by atoms with Crippen molar-refractivity contribution >= 4 is 5.97 Å². The van der Waals surface area contributed by atoms with E-state index in [0.717, 1.165) is 12.1 Å². The maximum atomic E-state index is 13.0. The van der Waals surface area contributed by atoms with Gasteiger partial charge in [-0.1, -0.05) is 12.1 Å². The third-order valence-electron chi connectivity index (χ3n) is 2.55. The van der Waals surface area contributed by atoms with E-state index in [1.54, 1.807) is 0 Å². The zero-order chi connectivity index (χ0) is 11.2. The number of carboxylic acid groups (broad SMARTS) is 1. The summed E-state index contributed by atoms with van der Waals surface area (Å²) in [5, 5.41) is 8.52. The number of benzene rings is 1. The summed E-state index contributed by atoms with van der Waals surface area (Å²) in [7, 11) is 0. The van der Waals surface area contributed by atoms with E-state index in [2.05, 4.69) is 0 Å². The van der Waals surface area contributed by atoms with Crippen LogP contribution in [0.2, 0.25) is 0 Å². The second kappa shape index (κ2) is 2.98. The molecule has 0 amide bonds. The molecule has 2 atom stereocenters. The van der Waals surface area contributed by atoms with Gasteiger partial charge in [-0.25, -0.2) is 13.2 Å². The van der Waals surface area contributed by atoms with E-state index in [1.165, 1.54) is 12.1 Å². The van der Waals surface area contributed by atoms with Crippen LogP contribution < -0.4 is 0 Å². The van der Waals surface area contributed by atoms with Crippen LogP contribution >= 0.6 is 0 Å². The Balaban J connectivity index is 2.27. The van der Waals surface area contributed by atoms with E-state index in [0.29, 0.717) is 0 Å². The predicted molar refractivity (Wildman–Crippen MR) is 45.2 cm³/mol. The van der Waals surface area contributed by atoms with Gasteiger partial charge < -0.3 is 5.11 Å². The predicted octanol–water partition coefficient (Wildman–Crippen LogP) is 2.26. The highest BCUT2D eigenvalue weighted by atomic mass is 19.3. The number of hydrogen-bond donors (Lipinski definition) is 1. The van der Waals surface area contributed by atoms with Gasteiger partial charge in [0.15, 0.2) is 0 Å². The van der Waals surface area contributed by atoms with Gasteiger partial charge in [0.05, 0.1) is 5.92 Å². The lowest BCUT2D eigenvalue weighted by atomic mass is 10.1. The second-order valence-corrected chi connectivity index (χ2v) is 3.52. The third kappa shape index (κ3) is 1.48. The molecule has 2 rings (SSSR count). The Bertz CT molecular complexity index is 400. The van der Waals surface area contributed by atoms with E-state index in [-0.39, 0.29) is 5.56 Å². The van der Waals surface area contributed by atoms with Crippen molar-refractivity contribution < 1.29 is 23.1 Å². The highest BCUT2D eigenvalue weighted by molar-refractivity contribution is 5.78. The van der Waals surface area contributed by atoms with Gasteiger partial charge in [-0.2, -0.15) is 0 Å². The lowest BCUT2D eigenvalue weighted by molar-refractivity contribution is -0.140. The Morgan fingerprint density at radius 1 is 1.27 bits per heavy atom. The minimum absolute atomic E-state index is 0.161. The molecule has 15 heavy (non-hydrogen) atoms. The monoisotopic (exact) mass is 216 g/mol. The zero-order valence-electron chi connectivity index (χ0n) is 7.45. The molecule has 1 aromatic carbocycles. The number of halogens is 3. The Morgan fingerprint density at radius 2 is 1.80 bits per heavy atom. The van der Waals surface area contributed by atoms with Crippen molar-refractivity contribution in [3.63, 3.8) is 0 Å². The zero-order valence-corrected chi connectivity index (χ0v) is 7.45. The maximum absolute atomic E-state index is 13.0. The Labute approximate surface area is 83.3 Å². The summed E-state index contributed by atoms with van der Waals surface area (Å²) in [6.07, 6.45) is 0. The minimum Gasteiger partial charge on any atom is -0.481 e. The van der Waals surface area contributed by atoms with Crippen LogP contribution in [0.5, 0.6) is 0 Å². The molecule has 1 aliphatic rings. The largest absolute Gasteiger partial charge is 0.481 e. The van der Waals surface area contributed by atoms with Gasteiger partial charge >= 0.3 is 5.97 Å². The quantitative estimate of drug-likeness (QED) is 0.823. The van der Waals surface area contributed by atoms with Gasteiger partial charge in [-0.3, -0.25) is 4.79 Å². The number of hydrogen-bond acceptors (Lipinski definition) is 1. The minimum atomic E-state index is -3.22. The summed E-state index contributed by atoms with van der Waals surface area (Å²) >= 11 is 0. The number of aliphatic carboxylic acids is 1. The van der Waals surface area contributed by atoms with Crippen LogP contribution in [0.4, 0.5) is 13.2 Å². The molecule has 0 radical (unpaired) electrons. The van der Waals surface area contributed by atoms with Gasteiger partial charge in [0.1, 0.15) is 11.7 Å². The molecule has 5 heteroatoms. The van der Waals surface area contributed by atoms with E-state index in [4.69, 9.17) is 5.11 Å². The van der Waals surface area contributed by atoms with E-state index < -0.39 is 29.5 Å². The lowest BCUT2D eigenvalue weighted by Crippen LogP contribution is -2.04. The van der Waals surface area contributed by atoms with Crippen molar-refractivity contribution in [2.24, 2.45) is 5.92 Å². The highest BCUT2D eigenvalue weighted by Crippen LogP contribution is 2.61. The molecule has 80 valence electrons. The molecular weight excluding hydrogens is 209 g/mol. The summed E-state index contributed by atoms with van der Waals surface area (Å²) in [5.74, 6) is -8.27. The fraction of sp³-hybridized carbons (Fsp3) is 0.300. The summed E-state index contributed by atoms with van der Waals surface area (Å²) in [5.41, 5.74) is 0.161. The Hall–Kier alpha value is -1.52. The standard InChI is InChI=1S/C10H7F3O2/c11-6-3-1-5(2-4-6)7-8(9(14)15)10(7,12)13/h1-4,7-8H,(H,14,15). The number of carbonyl (C=O) groups is 1. The van der Waals surface area contributed by atoms with Crippen LogP contribution in [0.1, 0.15) is 11.5 Å². The topological polar surface area (TPSA) is 37.3 Å². The lowest BCUT2D eigenvalue weighted by Gasteiger charge is -1.97. The molecule has 1 N–H and O–H groups in total. The first-order chi connectivity index (χ1) is 6.94. The van der Waals surface area contributed by atoms with E-state index in [9.17, 15) is 18.0 Å². The van der Waals surface area contributed by atoms with Crippen molar-refractivity contribution in [3.05, 3.63) is 35.6 Å². The van der Waals surface area contributed by atoms with Gasteiger partial charge in [0.25, 0.3) is 5.92 Å². The van der Waals surface area contributed by atoms with Crippen LogP contribution in [0.25, 0.3) is 0 Å². The van der Waals surface area contributed by atoms with E-state index >= 15 is 0 Å². The van der Waals surface area contributed by atoms with Crippen LogP contribution in [0, 0.1) is 11.7 Å².